The monoisotopic (exact) mass is 263 g/mol. The van der Waals surface area contributed by atoms with Crippen LogP contribution < -0.4 is 0 Å². The maximum atomic E-state index is 7.33. The summed E-state index contributed by atoms with van der Waals surface area (Å²) in [4.78, 5) is 33.5. The summed E-state index contributed by atoms with van der Waals surface area (Å²) < 4.78 is 2.04. The number of nitrogens with zero attached hydrogens (tertiary/aromatic N) is 1. The van der Waals surface area contributed by atoms with Gasteiger partial charge in [0, 0.05) is 0 Å². The summed E-state index contributed by atoms with van der Waals surface area (Å²) >= 11 is 5.76. The van der Waals surface area contributed by atoms with Crippen molar-refractivity contribution >= 4 is 43.2 Å². The number of hydrogen-bond donors (Lipinski definition) is 5. The molecule has 0 unspecified atom stereocenters. The molecular weight excluding hydrogens is 254 g/mol. The van der Waals surface area contributed by atoms with E-state index in [-0.39, 0.29) is 0 Å². The van der Waals surface area contributed by atoms with Crippen LogP contribution in [0.25, 0.3) is 10.2 Å². The van der Waals surface area contributed by atoms with Crippen molar-refractivity contribution in [3.05, 3.63) is 24.3 Å². The van der Waals surface area contributed by atoms with E-state index in [0.717, 1.165) is 9.86 Å². The first kappa shape index (κ1) is 12.6. The summed E-state index contributed by atoms with van der Waals surface area (Å²) in [6.45, 7) is 0. The SMILES string of the molecule is O[Si](O)(O)O.Sc1nc2ccccc2s1. The molecule has 0 saturated carbocycles. The number of aromatic nitrogens is 1. The molecule has 82 valence electrons. The Labute approximate surface area is 96.2 Å². The predicted octanol–water partition coefficient (Wildman–Crippen LogP) is -0.0238. The molecule has 2 aromatic rings. The summed E-state index contributed by atoms with van der Waals surface area (Å²) in [5, 5.41) is 0. The second-order valence-electron chi connectivity index (χ2n) is 2.56. The number of thiazole rings is 1. The zero-order valence-electron chi connectivity index (χ0n) is 7.40. The molecule has 1 aromatic heterocycles. The summed E-state index contributed by atoms with van der Waals surface area (Å²) in [7, 11) is -4.61. The standard InChI is InChI=1S/C7H5NS2.H4O4Si/c9-7-8-5-3-1-2-4-6(5)10-7;1-5(2,3)4/h1-4H,(H,8,9);1-4H. The van der Waals surface area contributed by atoms with Crippen LogP contribution in [0.1, 0.15) is 0 Å². The Morgan fingerprint density at radius 2 is 1.67 bits per heavy atom. The lowest BCUT2D eigenvalue weighted by Gasteiger charge is -1.91. The van der Waals surface area contributed by atoms with Gasteiger partial charge in [0.25, 0.3) is 0 Å². The lowest BCUT2D eigenvalue weighted by atomic mass is 10.3. The Balaban J connectivity index is 0.000000195. The first-order valence-electron chi connectivity index (χ1n) is 3.80. The molecule has 1 aromatic carbocycles. The van der Waals surface area contributed by atoms with E-state index in [1.165, 1.54) is 4.70 Å². The maximum absolute atomic E-state index is 7.33. The summed E-state index contributed by atoms with van der Waals surface area (Å²) in [6.07, 6.45) is 0. The highest BCUT2D eigenvalue weighted by Gasteiger charge is 2.22. The van der Waals surface area contributed by atoms with Crippen molar-refractivity contribution in [3.8, 4) is 0 Å². The minimum atomic E-state index is -4.61. The molecule has 0 spiro atoms. The summed E-state index contributed by atoms with van der Waals surface area (Å²) in [6, 6.07) is 8.03. The third kappa shape index (κ3) is 5.23. The zero-order valence-corrected chi connectivity index (χ0v) is 10.1. The van der Waals surface area contributed by atoms with E-state index in [1.54, 1.807) is 11.3 Å². The number of para-hydroxylation sites is 1. The molecule has 0 bridgehead atoms. The summed E-state index contributed by atoms with van der Waals surface area (Å²) in [5.41, 5.74) is 1.04. The highest BCUT2D eigenvalue weighted by Crippen LogP contribution is 2.23. The smallest absolute Gasteiger partial charge is 0.368 e. The minimum Gasteiger partial charge on any atom is -0.368 e. The Morgan fingerprint density at radius 1 is 1.13 bits per heavy atom. The third-order valence-electron chi connectivity index (χ3n) is 1.28. The van der Waals surface area contributed by atoms with E-state index in [1.807, 2.05) is 24.3 Å². The first-order valence-corrected chi connectivity index (χ1v) is 6.85. The lowest BCUT2D eigenvalue weighted by molar-refractivity contribution is 0.117. The van der Waals surface area contributed by atoms with Crippen molar-refractivity contribution in [2.75, 3.05) is 0 Å². The average molecular weight is 263 g/mol. The molecule has 0 aliphatic carbocycles. The molecule has 0 radical (unpaired) electrons. The van der Waals surface area contributed by atoms with E-state index in [2.05, 4.69) is 17.6 Å². The fraction of sp³-hybridized carbons (Fsp3) is 0. The number of thiol groups is 1. The number of benzene rings is 1. The second-order valence-corrected chi connectivity index (χ2v) is 5.52. The largest absolute Gasteiger partial charge is 0.668 e. The van der Waals surface area contributed by atoms with Crippen molar-refractivity contribution in [1.82, 2.24) is 4.98 Å². The molecule has 4 N–H and O–H groups in total. The molecule has 5 nitrogen and oxygen atoms in total. The van der Waals surface area contributed by atoms with Gasteiger partial charge in [-0.25, -0.2) is 4.98 Å². The topological polar surface area (TPSA) is 93.8 Å². The fourth-order valence-electron chi connectivity index (χ4n) is 0.860. The van der Waals surface area contributed by atoms with Crippen LogP contribution >= 0.6 is 24.0 Å². The van der Waals surface area contributed by atoms with E-state index >= 15 is 0 Å². The van der Waals surface area contributed by atoms with Crippen LogP contribution in [0.2, 0.25) is 0 Å². The fourth-order valence-corrected chi connectivity index (χ4v) is 1.97. The van der Waals surface area contributed by atoms with Gasteiger partial charge in [-0.2, -0.15) is 0 Å². The van der Waals surface area contributed by atoms with Gasteiger partial charge in [0.15, 0.2) is 0 Å². The molecule has 0 saturated heterocycles. The molecule has 0 amide bonds. The number of rotatable bonds is 0. The highest BCUT2D eigenvalue weighted by atomic mass is 32.2. The van der Waals surface area contributed by atoms with Crippen LogP contribution in [0.15, 0.2) is 28.6 Å². The Hall–Kier alpha value is -0.483. The van der Waals surface area contributed by atoms with Gasteiger partial charge < -0.3 is 19.2 Å². The van der Waals surface area contributed by atoms with E-state index in [4.69, 9.17) is 19.2 Å². The molecule has 0 aliphatic heterocycles. The third-order valence-corrected chi connectivity index (χ3v) is 2.50. The van der Waals surface area contributed by atoms with E-state index in [0.29, 0.717) is 0 Å². The van der Waals surface area contributed by atoms with Gasteiger partial charge in [-0.1, -0.05) is 12.1 Å². The molecule has 2 rings (SSSR count). The molecule has 8 heteroatoms. The van der Waals surface area contributed by atoms with Crippen LogP contribution in [0.5, 0.6) is 0 Å². The molecule has 0 aliphatic rings. The van der Waals surface area contributed by atoms with Gasteiger partial charge in [-0.15, -0.1) is 24.0 Å². The van der Waals surface area contributed by atoms with Gasteiger partial charge in [0.1, 0.15) is 4.34 Å². The Morgan fingerprint density at radius 3 is 2.20 bits per heavy atom. The molecule has 15 heavy (non-hydrogen) atoms. The zero-order chi connectivity index (χ0) is 11.5. The lowest BCUT2D eigenvalue weighted by Crippen LogP contribution is -2.33. The predicted molar refractivity (Wildman–Crippen MR) is 61.5 cm³/mol. The van der Waals surface area contributed by atoms with E-state index in [9.17, 15) is 0 Å². The van der Waals surface area contributed by atoms with Crippen molar-refractivity contribution in [3.63, 3.8) is 0 Å². The highest BCUT2D eigenvalue weighted by molar-refractivity contribution is 7.82. The average Bonchev–Trinajstić information content (AvgIpc) is 2.40. The second kappa shape index (κ2) is 5.03. The first-order chi connectivity index (χ1) is 6.86. The van der Waals surface area contributed by atoms with Crippen molar-refractivity contribution in [2.24, 2.45) is 0 Å². The maximum Gasteiger partial charge on any atom is 0.668 e. The number of fused-ring (bicyclic) bond motifs is 1. The van der Waals surface area contributed by atoms with Crippen molar-refractivity contribution in [1.29, 1.82) is 0 Å². The Kier molecular flexibility index (Phi) is 4.22. The number of hydrogen-bond acceptors (Lipinski definition) is 7. The van der Waals surface area contributed by atoms with Crippen LogP contribution in [0.4, 0.5) is 0 Å². The minimum absolute atomic E-state index is 0.834. The van der Waals surface area contributed by atoms with Crippen LogP contribution in [0.3, 0.4) is 0 Å². The van der Waals surface area contributed by atoms with Crippen LogP contribution in [0, 0.1) is 0 Å². The van der Waals surface area contributed by atoms with Crippen LogP contribution in [-0.2, 0) is 0 Å². The Bertz CT molecular complexity index is 403. The van der Waals surface area contributed by atoms with Crippen molar-refractivity contribution < 1.29 is 19.2 Å². The van der Waals surface area contributed by atoms with Gasteiger partial charge in [0.05, 0.1) is 10.2 Å². The molecular formula is C7H9NO4S2Si. The van der Waals surface area contributed by atoms with Gasteiger partial charge in [-0.05, 0) is 12.1 Å². The molecule has 1 heterocycles. The van der Waals surface area contributed by atoms with Crippen molar-refractivity contribution in [2.45, 2.75) is 4.34 Å². The van der Waals surface area contributed by atoms with Gasteiger partial charge in [0.2, 0.25) is 0 Å². The van der Waals surface area contributed by atoms with E-state index < -0.39 is 9.05 Å². The van der Waals surface area contributed by atoms with Gasteiger partial charge in [-0.3, -0.25) is 0 Å². The van der Waals surface area contributed by atoms with Crippen LogP contribution in [-0.4, -0.2) is 33.2 Å². The summed E-state index contributed by atoms with van der Waals surface area (Å²) in [5.74, 6) is 0. The van der Waals surface area contributed by atoms with Gasteiger partial charge >= 0.3 is 9.05 Å². The normalized spacial score (nSPS) is 11.0. The molecule has 0 fully saturated rings. The quantitative estimate of drug-likeness (QED) is 0.340. The molecule has 0 atom stereocenters.